The van der Waals surface area contributed by atoms with Crippen molar-refractivity contribution in [1.29, 1.82) is 0 Å². The van der Waals surface area contributed by atoms with Crippen LogP contribution in [0, 0.1) is 13.8 Å². The van der Waals surface area contributed by atoms with Gasteiger partial charge < -0.3 is 14.8 Å². The number of benzene rings is 1. The molecule has 0 saturated carbocycles. The number of thioether (sulfide) groups is 1. The first-order valence-corrected chi connectivity index (χ1v) is 10.1. The van der Waals surface area contributed by atoms with Gasteiger partial charge in [-0.1, -0.05) is 17.8 Å². The second-order valence-electron chi connectivity index (χ2n) is 7.10. The van der Waals surface area contributed by atoms with Crippen molar-refractivity contribution in [3.05, 3.63) is 40.7 Å². The third-order valence-electron chi connectivity index (χ3n) is 4.73. The van der Waals surface area contributed by atoms with Crippen LogP contribution in [-0.4, -0.2) is 28.9 Å². The lowest BCUT2D eigenvalue weighted by Gasteiger charge is -2.27. The van der Waals surface area contributed by atoms with Gasteiger partial charge in [0.05, 0.1) is 5.54 Å². The summed E-state index contributed by atoms with van der Waals surface area (Å²) in [4.78, 5) is 21.5. The Morgan fingerprint density at radius 3 is 2.52 bits per heavy atom. The van der Waals surface area contributed by atoms with Crippen molar-refractivity contribution >= 4 is 17.7 Å². The van der Waals surface area contributed by atoms with Crippen molar-refractivity contribution in [2.45, 2.75) is 51.2 Å². The van der Waals surface area contributed by atoms with E-state index in [1.165, 1.54) is 11.8 Å². The Bertz CT molecular complexity index is 845. The second-order valence-corrected chi connectivity index (χ2v) is 7.87. The molecule has 1 aliphatic heterocycles. The largest absolute Gasteiger partial charge is 0.454 e. The van der Waals surface area contributed by atoms with Gasteiger partial charge in [0.15, 0.2) is 16.7 Å². The Morgan fingerprint density at radius 1 is 1.19 bits per heavy atom. The molecule has 0 aliphatic carbocycles. The van der Waals surface area contributed by atoms with E-state index in [1.54, 1.807) is 0 Å². The van der Waals surface area contributed by atoms with Gasteiger partial charge in [-0.2, -0.15) is 0 Å². The molecule has 0 spiro atoms. The van der Waals surface area contributed by atoms with Crippen molar-refractivity contribution in [3.8, 4) is 11.5 Å². The van der Waals surface area contributed by atoms with Gasteiger partial charge >= 0.3 is 0 Å². The van der Waals surface area contributed by atoms with E-state index in [0.29, 0.717) is 18.6 Å². The number of nitrogens with one attached hydrogen (secondary N) is 1. The zero-order valence-corrected chi connectivity index (χ0v) is 17.2. The molecule has 0 fully saturated rings. The van der Waals surface area contributed by atoms with Crippen LogP contribution in [-0.2, 0) is 16.8 Å². The molecule has 1 aromatic carbocycles. The van der Waals surface area contributed by atoms with Crippen molar-refractivity contribution < 1.29 is 14.3 Å². The van der Waals surface area contributed by atoms with E-state index in [2.05, 4.69) is 15.3 Å². The Kier molecular flexibility index (Phi) is 5.60. The van der Waals surface area contributed by atoms with E-state index in [1.807, 2.05) is 52.1 Å². The first-order valence-electron chi connectivity index (χ1n) is 8.89. The zero-order valence-electron chi connectivity index (χ0n) is 16.4. The maximum absolute atomic E-state index is 12.6. The standard InChI is InChI=1S/C20H25N3O3S/c1-12-15(13(2)22-19(21-12)27-5)7-9-18(24)23-20(3,4)14-6-8-16-17(10-14)26-11-25-16/h6,8,10H,7,9,11H2,1-5H3,(H,23,24). The summed E-state index contributed by atoms with van der Waals surface area (Å²) in [7, 11) is 0. The average molecular weight is 388 g/mol. The highest BCUT2D eigenvalue weighted by Crippen LogP contribution is 2.35. The number of hydrogen-bond acceptors (Lipinski definition) is 6. The molecule has 0 bridgehead atoms. The van der Waals surface area contributed by atoms with Crippen LogP contribution in [0.5, 0.6) is 11.5 Å². The maximum atomic E-state index is 12.6. The van der Waals surface area contributed by atoms with Gasteiger partial charge in [0.25, 0.3) is 0 Å². The minimum absolute atomic E-state index is 0.00888. The second kappa shape index (κ2) is 7.76. The van der Waals surface area contributed by atoms with Gasteiger partial charge in [-0.05, 0) is 63.6 Å². The molecule has 0 atom stereocenters. The topological polar surface area (TPSA) is 73.3 Å². The first-order chi connectivity index (χ1) is 12.8. The van der Waals surface area contributed by atoms with Crippen molar-refractivity contribution in [1.82, 2.24) is 15.3 Å². The molecule has 2 aromatic rings. The molecule has 0 radical (unpaired) electrons. The molecule has 1 amide bonds. The summed E-state index contributed by atoms with van der Waals surface area (Å²) in [5.74, 6) is 1.44. The van der Waals surface area contributed by atoms with Gasteiger partial charge in [-0.25, -0.2) is 9.97 Å². The number of hydrogen-bond donors (Lipinski definition) is 1. The number of aryl methyl sites for hydroxylation is 2. The molecule has 3 rings (SSSR count). The Hall–Kier alpha value is -2.28. The van der Waals surface area contributed by atoms with Crippen LogP contribution in [0.25, 0.3) is 0 Å². The SMILES string of the molecule is CSc1nc(C)c(CCC(=O)NC(C)(C)c2ccc3c(c2)OCO3)c(C)n1. The van der Waals surface area contributed by atoms with Crippen molar-refractivity contribution in [2.24, 2.45) is 0 Å². The van der Waals surface area contributed by atoms with Gasteiger partial charge in [0.1, 0.15) is 0 Å². The number of ether oxygens (including phenoxy) is 2. The zero-order chi connectivity index (χ0) is 19.6. The molecule has 7 heteroatoms. The molecule has 1 aliphatic rings. The van der Waals surface area contributed by atoms with Crippen LogP contribution in [0.1, 0.15) is 42.8 Å². The number of carbonyl (C=O) groups excluding carboxylic acids is 1. The summed E-state index contributed by atoms with van der Waals surface area (Å²) in [5.41, 5.74) is 3.38. The van der Waals surface area contributed by atoms with Crippen molar-refractivity contribution in [2.75, 3.05) is 13.0 Å². The highest BCUT2D eigenvalue weighted by molar-refractivity contribution is 7.98. The fraction of sp³-hybridized carbons (Fsp3) is 0.450. The summed E-state index contributed by atoms with van der Waals surface area (Å²) < 4.78 is 10.8. The predicted octanol–water partition coefficient (Wildman–Crippen LogP) is 3.53. The molecule has 27 heavy (non-hydrogen) atoms. The monoisotopic (exact) mass is 387 g/mol. The maximum Gasteiger partial charge on any atom is 0.231 e. The van der Waals surface area contributed by atoms with Gasteiger partial charge in [0.2, 0.25) is 12.7 Å². The highest BCUT2D eigenvalue weighted by atomic mass is 32.2. The van der Waals surface area contributed by atoms with Crippen LogP contribution in [0.4, 0.5) is 0 Å². The molecular formula is C20H25N3O3S. The smallest absolute Gasteiger partial charge is 0.231 e. The van der Waals surface area contributed by atoms with Crippen LogP contribution in [0.15, 0.2) is 23.4 Å². The summed E-state index contributed by atoms with van der Waals surface area (Å²) in [5, 5.41) is 3.88. The quantitative estimate of drug-likeness (QED) is 0.604. The summed E-state index contributed by atoms with van der Waals surface area (Å²) in [6.07, 6.45) is 2.96. The number of amides is 1. The Balaban J connectivity index is 1.65. The number of nitrogens with zero attached hydrogens (tertiary/aromatic N) is 2. The number of carbonyl (C=O) groups is 1. The Labute approximate surface area is 164 Å². The lowest BCUT2D eigenvalue weighted by atomic mass is 9.93. The fourth-order valence-corrected chi connectivity index (χ4v) is 3.63. The summed E-state index contributed by atoms with van der Waals surface area (Å²) >= 11 is 1.52. The normalized spacial score (nSPS) is 12.9. The van der Waals surface area contributed by atoms with Crippen molar-refractivity contribution in [3.63, 3.8) is 0 Å². The molecule has 1 aromatic heterocycles. The molecular weight excluding hydrogens is 362 g/mol. The van der Waals surface area contributed by atoms with Crippen LogP contribution < -0.4 is 14.8 Å². The van der Waals surface area contributed by atoms with Gasteiger partial charge in [0, 0.05) is 17.8 Å². The number of fused-ring (bicyclic) bond motifs is 1. The van der Waals surface area contributed by atoms with E-state index < -0.39 is 5.54 Å². The summed E-state index contributed by atoms with van der Waals surface area (Å²) in [6.45, 7) is 8.14. The number of aromatic nitrogens is 2. The third kappa shape index (κ3) is 4.35. The van der Waals surface area contributed by atoms with E-state index in [9.17, 15) is 4.79 Å². The van der Waals surface area contributed by atoms with Gasteiger partial charge in [-0.15, -0.1) is 0 Å². The van der Waals surface area contributed by atoms with E-state index in [-0.39, 0.29) is 12.7 Å². The fourth-order valence-electron chi connectivity index (χ4n) is 3.17. The molecule has 0 unspecified atom stereocenters. The first kappa shape index (κ1) is 19.5. The van der Waals surface area contributed by atoms with Crippen LogP contribution >= 0.6 is 11.8 Å². The van der Waals surface area contributed by atoms with E-state index in [4.69, 9.17) is 9.47 Å². The third-order valence-corrected chi connectivity index (χ3v) is 5.28. The summed E-state index contributed by atoms with van der Waals surface area (Å²) in [6, 6.07) is 5.76. The molecule has 144 valence electrons. The molecule has 2 heterocycles. The van der Waals surface area contributed by atoms with Gasteiger partial charge in [-0.3, -0.25) is 4.79 Å². The van der Waals surface area contributed by atoms with Crippen LogP contribution in [0.3, 0.4) is 0 Å². The number of rotatable bonds is 6. The molecule has 0 saturated heterocycles. The minimum Gasteiger partial charge on any atom is -0.454 e. The van der Waals surface area contributed by atoms with Crippen LogP contribution in [0.2, 0.25) is 0 Å². The Morgan fingerprint density at radius 2 is 1.85 bits per heavy atom. The highest BCUT2D eigenvalue weighted by Gasteiger charge is 2.25. The van der Waals surface area contributed by atoms with E-state index in [0.717, 1.165) is 33.4 Å². The molecule has 6 nitrogen and oxygen atoms in total. The average Bonchev–Trinajstić information content (AvgIpc) is 3.08. The lowest BCUT2D eigenvalue weighted by Crippen LogP contribution is -2.41. The van der Waals surface area contributed by atoms with E-state index >= 15 is 0 Å². The lowest BCUT2D eigenvalue weighted by molar-refractivity contribution is -0.122. The minimum atomic E-state index is -0.513. The predicted molar refractivity (Wildman–Crippen MR) is 105 cm³/mol. The molecule has 1 N–H and O–H groups in total.